The zero-order chi connectivity index (χ0) is 11.6. The van der Waals surface area contributed by atoms with Gasteiger partial charge in [0.05, 0.1) is 0 Å². The molecule has 0 aliphatic heterocycles. The van der Waals surface area contributed by atoms with Gasteiger partial charge in [0.25, 0.3) is 0 Å². The third kappa shape index (κ3) is 2.07. The van der Waals surface area contributed by atoms with Crippen LogP contribution in [0.2, 0.25) is 0 Å². The molecule has 1 N–H and O–H groups in total. The van der Waals surface area contributed by atoms with Crippen molar-refractivity contribution in [2.75, 3.05) is 0 Å². The second kappa shape index (κ2) is 4.52. The van der Waals surface area contributed by atoms with E-state index in [4.69, 9.17) is 11.2 Å². The molecule has 0 bridgehead atoms. The number of rotatable bonds is 2. The molecule has 0 aromatic heterocycles. The molecule has 1 aliphatic carbocycles. The summed E-state index contributed by atoms with van der Waals surface area (Å²) >= 11 is 6.19. The van der Waals surface area contributed by atoms with Crippen LogP contribution in [0.4, 0.5) is 0 Å². The highest BCUT2D eigenvalue weighted by molar-refractivity contribution is 7.96. The first-order valence-corrected chi connectivity index (χ1v) is 8.25. The van der Waals surface area contributed by atoms with Crippen LogP contribution in [0.15, 0.2) is 30.3 Å². The summed E-state index contributed by atoms with van der Waals surface area (Å²) in [5.41, 5.74) is 0. The Morgan fingerprint density at radius 3 is 2.25 bits per heavy atom. The largest absolute Gasteiger partial charge is 0.381 e. The fourth-order valence-corrected chi connectivity index (χ4v) is 5.04. The molecule has 0 saturated heterocycles. The minimum atomic E-state index is -3.20. The van der Waals surface area contributed by atoms with E-state index in [2.05, 4.69) is 0 Å². The summed E-state index contributed by atoms with van der Waals surface area (Å²) in [5, 5.41) is 9.83. The Balaban J connectivity index is 2.34. The van der Waals surface area contributed by atoms with Crippen molar-refractivity contribution in [3.05, 3.63) is 30.3 Å². The lowest BCUT2D eigenvalue weighted by molar-refractivity contribution is 0.0845. The van der Waals surface area contributed by atoms with Crippen LogP contribution >= 0.6 is 17.7 Å². The molecule has 0 spiro atoms. The van der Waals surface area contributed by atoms with Gasteiger partial charge in [-0.05, 0) is 24.1 Å². The van der Waals surface area contributed by atoms with Crippen LogP contribution in [0.3, 0.4) is 0 Å². The van der Waals surface area contributed by atoms with E-state index < -0.39 is 11.8 Å². The molecule has 1 saturated carbocycles. The highest BCUT2D eigenvalue weighted by atomic mass is 35.7. The summed E-state index contributed by atoms with van der Waals surface area (Å²) < 4.78 is 12.6. The minimum absolute atomic E-state index is 0.544. The molecule has 1 aliphatic rings. The first-order valence-electron chi connectivity index (χ1n) is 5.64. The maximum Gasteiger partial charge on any atom is 0.227 e. The lowest BCUT2D eigenvalue weighted by Gasteiger charge is -2.35. The van der Waals surface area contributed by atoms with Crippen molar-refractivity contribution in [1.29, 1.82) is 0 Å². The van der Waals surface area contributed by atoms with Crippen molar-refractivity contribution in [3.8, 4) is 0 Å². The van der Waals surface area contributed by atoms with Gasteiger partial charge in [0.15, 0.2) is 0 Å². The Labute approximate surface area is 101 Å². The van der Waals surface area contributed by atoms with Gasteiger partial charge < -0.3 is 5.11 Å². The van der Waals surface area contributed by atoms with Crippen LogP contribution in [-0.4, -0.2) is 10.4 Å². The molecule has 1 fully saturated rings. The van der Waals surface area contributed by atoms with Gasteiger partial charge in [0.1, 0.15) is 5.34 Å². The topological polar surface area (TPSA) is 37.3 Å². The van der Waals surface area contributed by atoms with Crippen LogP contribution < -0.4 is 5.30 Å². The van der Waals surface area contributed by atoms with E-state index in [-0.39, 0.29) is 0 Å². The maximum atomic E-state index is 12.6. The molecule has 4 heteroatoms. The van der Waals surface area contributed by atoms with Crippen molar-refractivity contribution < 1.29 is 9.67 Å². The van der Waals surface area contributed by atoms with Crippen LogP contribution in [0.25, 0.3) is 0 Å². The number of hydrogen-bond donors (Lipinski definition) is 1. The zero-order valence-electron chi connectivity index (χ0n) is 9.10. The number of hydrogen-bond acceptors (Lipinski definition) is 2. The van der Waals surface area contributed by atoms with Gasteiger partial charge in [-0.3, -0.25) is 4.57 Å². The van der Waals surface area contributed by atoms with Gasteiger partial charge in [0.2, 0.25) is 6.49 Å². The van der Waals surface area contributed by atoms with E-state index in [1.54, 1.807) is 24.3 Å². The smallest absolute Gasteiger partial charge is 0.227 e. The fraction of sp³-hybridized carbons (Fsp3) is 0.500. The first-order chi connectivity index (χ1) is 7.56. The van der Waals surface area contributed by atoms with Crippen LogP contribution in [0, 0.1) is 0 Å². The van der Waals surface area contributed by atoms with Crippen LogP contribution in [0.1, 0.15) is 32.1 Å². The third-order valence-electron chi connectivity index (χ3n) is 3.28. The molecule has 0 radical (unpaired) electrons. The van der Waals surface area contributed by atoms with Crippen LogP contribution in [-0.2, 0) is 4.57 Å². The van der Waals surface area contributed by atoms with E-state index in [0.717, 1.165) is 19.3 Å². The molecule has 2 nitrogen and oxygen atoms in total. The SMILES string of the molecule is O=P(Cl)(c1ccccc1)C1(O)CCCCC1. The van der Waals surface area contributed by atoms with Crippen molar-refractivity contribution in [1.82, 2.24) is 0 Å². The van der Waals surface area contributed by atoms with Crippen molar-refractivity contribution in [2.24, 2.45) is 0 Å². The van der Waals surface area contributed by atoms with Crippen molar-refractivity contribution in [3.63, 3.8) is 0 Å². The molecule has 88 valence electrons. The summed E-state index contributed by atoms with van der Waals surface area (Å²) in [6.07, 6.45) is 3.99. The number of halogens is 1. The van der Waals surface area contributed by atoms with E-state index >= 15 is 0 Å². The lowest BCUT2D eigenvalue weighted by Crippen LogP contribution is -2.33. The Bertz CT molecular complexity index is 399. The van der Waals surface area contributed by atoms with Crippen molar-refractivity contribution in [2.45, 2.75) is 37.4 Å². The average molecular weight is 259 g/mol. The molecule has 1 atom stereocenters. The Kier molecular flexibility index (Phi) is 3.44. The molecular weight excluding hydrogens is 243 g/mol. The van der Waals surface area contributed by atoms with Gasteiger partial charge in [-0.25, -0.2) is 0 Å². The zero-order valence-corrected chi connectivity index (χ0v) is 10.8. The molecule has 2 rings (SSSR count). The standard InChI is InChI=1S/C12H16ClO2P/c13-16(15,11-7-3-1-4-8-11)12(14)9-5-2-6-10-12/h1,3-4,7-8,14H,2,5-6,9-10H2. The van der Waals surface area contributed by atoms with E-state index in [1.165, 1.54) is 0 Å². The summed E-state index contributed by atoms with van der Waals surface area (Å²) in [7, 11) is 0. The number of benzene rings is 1. The Morgan fingerprint density at radius 1 is 1.12 bits per heavy atom. The highest BCUT2D eigenvalue weighted by Gasteiger charge is 2.46. The lowest BCUT2D eigenvalue weighted by atomic mass is 9.97. The minimum Gasteiger partial charge on any atom is -0.381 e. The predicted octanol–water partition coefficient (Wildman–Crippen LogP) is 3.48. The van der Waals surface area contributed by atoms with Crippen LogP contribution in [0.5, 0.6) is 0 Å². The fourth-order valence-electron chi connectivity index (χ4n) is 2.27. The molecule has 16 heavy (non-hydrogen) atoms. The van der Waals surface area contributed by atoms with Gasteiger partial charge >= 0.3 is 0 Å². The Hall–Kier alpha value is -0.300. The van der Waals surface area contributed by atoms with Gasteiger partial charge in [0, 0.05) is 5.30 Å². The highest BCUT2D eigenvalue weighted by Crippen LogP contribution is 2.64. The normalized spacial score (nSPS) is 23.6. The van der Waals surface area contributed by atoms with Gasteiger partial charge in [-0.15, -0.1) is 0 Å². The summed E-state index contributed by atoms with van der Waals surface area (Å²) in [6, 6.07) is 8.93. The summed E-state index contributed by atoms with van der Waals surface area (Å²) in [6.45, 7) is -3.20. The monoisotopic (exact) mass is 258 g/mol. The first kappa shape index (κ1) is 12.2. The van der Waals surface area contributed by atoms with Gasteiger partial charge in [-0.2, -0.15) is 0 Å². The van der Waals surface area contributed by atoms with Gasteiger partial charge in [-0.1, -0.05) is 49.6 Å². The second-order valence-corrected chi connectivity index (χ2v) is 8.25. The molecule has 0 heterocycles. The Morgan fingerprint density at radius 2 is 1.69 bits per heavy atom. The van der Waals surface area contributed by atoms with Crippen molar-refractivity contribution >= 4 is 23.0 Å². The average Bonchev–Trinajstić information content (AvgIpc) is 2.31. The molecule has 0 amide bonds. The van der Waals surface area contributed by atoms with E-state index in [1.807, 2.05) is 6.07 Å². The third-order valence-corrected chi connectivity index (χ3v) is 7.29. The van der Waals surface area contributed by atoms with E-state index in [9.17, 15) is 9.67 Å². The summed E-state index contributed by atoms with van der Waals surface area (Å²) in [5.74, 6) is 0. The number of aliphatic hydroxyl groups is 1. The second-order valence-electron chi connectivity index (χ2n) is 4.41. The molecule has 1 unspecified atom stereocenters. The summed E-state index contributed by atoms with van der Waals surface area (Å²) in [4.78, 5) is 0. The van der Waals surface area contributed by atoms with E-state index in [0.29, 0.717) is 18.1 Å². The molecule has 1 aromatic rings. The predicted molar refractivity (Wildman–Crippen MR) is 67.6 cm³/mol. The molecule has 1 aromatic carbocycles. The maximum absolute atomic E-state index is 12.6. The quantitative estimate of drug-likeness (QED) is 0.825. The molecular formula is C12H16ClO2P.